The van der Waals surface area contributed by atoms with Gasteiger partial charge in [0.1, 0.15) is 6.61 Å². The third-order valence-electron chi connectivity index (χ3n) is 3.07. The summed E-state index contributed by atoms with van der Waals surface area (Å²) in [5.41, 5.74) is 7.55. The first-order valence-electron chi connectivity index (χ1n) is 5.93. The first kappa shape index (κ1) is 12.6. The number of methoxy groups -OCH3 is 1. The lowest BCUT2D eigenvalue weighted by molar-refractivity contribution is -0.135. The smallest absolute Gasteiger partial charge is 0.248 e. The molecule has 18 heavy (non-hydrogen) atoms. The van der Waals surface area contributed by atoms with E-state index in [9.17, 15) is 4.79 Å². The topological polar surface area (TPSA) is 71.7 Å². The Labute approximate surface area is 106 Å². The lowest BCUT2D eigenvalue weighted by atomic mass is 10.2. The predicted octanol–water partition coefficient (Wildman–Crippen LogP) is -0.0412. The molecule has 1 aliphatic rings. The van der Waals surface area contributed by atoms with E-state index in [0.29, 0.717) is 18.8 Å². The van der Waals surface area contributed by atoms with Crippen molar-refractivity contribution in [3.63, 3.8) is 0 Å². The van der Waals surface area contributed by atoms with Gasteiger partial charge in [-0.3, -0.25) is 9.78 Å². The molecule has 0 spiro atoms. The number of aromatic nitrogens is 1. The van der Waals surface area contributed by atoms with Gasteiger partial charge < -0.3 is 20.3 Å². The molecule has 0 atom stereocenters. The van der Waals surface area contributed by atoms with Gasteiger partial charge in [0, 0.05) is 39.5 Å². The maximum Gasteiger partial charge on any atom is 0.248 e. The van der Waals surface area contributed by atoms with Crippen LogP contribution in [-0.2, 0) is 9.53 Å². The minimum atomic E-state index is 0.0415. The fourth-order valence-corrected chi connectivity index (χ4v) is 2.10. The molecule has 0 aromatic carbocycles. The van der Waals surface area contributed by atoms with Crippen LogP contribution in [-0.4, -0.2) is 55.7 Å². The number of amides is 1. The average molecular weight is 250 g/mol. The number of carbonyl (C=O) groups is 1. The summed E-state index contributed by atoms with van der Waals surface area (Å²) in [5.74, 6) is 0.0415. The first-order valence-corrected chi connectivity index (χ1v) is 5.93. The van der Waals surface area contributed by atoms with E-state index >= 15 is 0 Å². The second kappa shape index (κ2) is 5.68. The number of carbonyl (C=O) groups excluding carboxylic acids is 1. The fourth-order valence-electron chi connectivity index (χ4n) is 2.10. The van der Waals surface area contributed by atoms with Crippen molar-refractivity contribution in [2.45, 2.75) is 0 Å². The molecule has 1 fully saturated rings. The summed E-state index contributed by atoms with van der Waals surface area (Å²) in [6.45, 7) is 3.11. The number of hydrogen-bond donors (Lipinski definition) is 1. The molecule has 0 radical (unpaired) electrons. The van der Waals surface area contributed by atoms with Crippen LogP contribution in [0.25, 0.3) is 0 Å². The number of nitrogens with zero attached hydrogens (tertiary/aromatic N) is 3. The molecule has 0 aliphatic carbocycles. The molecule has 1 saturated heterocycles. The Kier molecular flexibility index (Phi) is 3.99. The van der Waals surface area contributed by atoms with Gasteiger partial charge in [-0.2, -0.15) is 0 Å². The van der Waals surface area contributed by atoms with Crippen molar-refractivity contribution in [3.8, 4) is 0 Å². The van der Waals surface area contributed by atoms with Crippen LogP contribution in [0.5, 0.6) is 0 Å². The summed E-state index contributed by atoms with van der Waals surface area (Å²) in [5, 5.41) is 0. The third-order valence-corrected chi connectivity index (χ3v) is 3.07. The number of hydrogen-bond acceptors (Lipinski definition) is 5. The molecular formula is C12H18N4O2. The van der Waals surface area contributed by atoms with Gasteiger partial charge in [-0.05, 0) is 6.07 Å². The molecule has 1 aromatic rings. The zero-order valence-corrected chi connectivity index (χ0v) is 10.5. The number of nitrogen functional groups attached to an aromatic ring is 1. The summed E-state index contributed by atoms with van der Waals surface area (Å²) >= 11 is 0. The molecule has 98 valence electrons. The van der Waals surface area contributed by atoms with Crippen LogP contribution in [0.3, 0.4) is 0 Å². The molecule has 1 amide bonds. The Balaban J connectivity index is 1.95. The minimum absolute atomic E-state index is 0.0415. The van der Waals surface area contributed by atoms with Gasteiger partial charge in [0.15, 0.2) is 0 Å². The Morgan fingerprint density at radius 3 is 2.78 bits per heavy atom. The van der Waals surface area contributed by atoms with Gasteiger partial charge in [-0.15, -0.1) is 0 Å². The lowest BCUT2D eigenvalue weighted by Crippen LogP contribution is -2.49. The van der Waals surface area contributed by atoms with Crippen molar-refractivity contribution < 1.29 is 9.53 Å². The quantitative estimate of drug-likeness (QED) is 0.815. The van der Waals surface area contributed by atoms with E-state index in [2.05, 4.69) is 9.88 Å². The van der Waals surface area contributed by atoms with Gasteiger partial charge in [-0.1, -0.05) is 0 Å². The highest BCUT2D eigenvalue weighted by molar-refractivity contribution is 5.78. The molecule has 2 heterocycles. The molecule has 0 saturated carbocycles. The van der Waals surface area contributed by atoms with E-state index in [1.807, 2.05) is 11.0 Å². The summed E-state index contributed by atoms with van der Waals surface area (Å²) in [7, 11) is 1.53. The molecule has 6 heteroatoms. The van der Waals surface area contributed by atoms with E-state index in [1.54, 1.807) is 12.4 Å². The van der Waals surface area contributed by atoms with Crippen LogP contribution < -0.4 is 10.6 Å². The van der Waals surface area contributed by atoms with Crippen LogP contribution >= 0.6 is 0 Å². The lowest BCUT2D eigenvalue weighted by Gasteiger charge is -2.36. The molecule has 2 N–H and O–H groups in total. The van der Waals surface area contributed by atoms with Crippen molar-refractivity contribution in [1.29, 1.82) is 0 Å². The van der Waals surface area contributed by atoms with Crippen molar-refractivity contribution >= 4 is 17.3 Å². The molecular weight excluding hydrogens is 232 g/mol. The number of nitrogens with two attached hydrogens (primary N) is 1. The van der Waals surface area contributed by atoms with Gasteiger partial charge in [0.2, 0.25) is 5.91 Å². The molecule has 0 unspecified atom stereocenters. The molecule has 1 aliphatic heterocycles. The predicted molar refractivity (Wildman–Crippen MR) is 69.3 cm³/mol. The molecule has 2 rings (SSSR count). The average Bonchev–Trinajstić information content (AvgIpc) is 2.40. The molecule has 6 nitrogen and oxygen atoms in total. The summed E-state index contributed by atoms with van der Waals surface area (Å²) in [6.07, 6.45) is 3.38. The SMILES string of the molecule is COCC(=O)N1CCN(c2ccncc2N)CC1. The van der Waals surface area contributed by atoms with Crippen molar-refractivity contribution in [2.24, 2.45) is 0 Å². The van der Waals surface area contributed by atoms with Gasteiger partial charge in [-0.25, -0.2) is 0 Å². The zero-order valence-electron chi connectivity index (χ0n) is 10.5. The van der Waals surface area contributed by atoms with E-state index in [0.717, 1.165) is 18.8 Å². The number of rotatable bonds is 3. The summed E-state index contributed by atoms with van der Waals surface area (Å²) in [6, 6.07) is 1.90. The largest absolute Gasteiger partial charge is 0.396 e. The van der Waals surface area contributed by atoms with E-state index in [-0.39, 0.29) is 12.5 Å². The van der Waals surface area contributed by atoms with Crippen LogP contribution in [0.4, 0.5) is 11.4 Å². The van der Waals surface area contributed by atoms with Crippen LogP contribution in [0.15, 0.2) is 18.5 Å². The van der Waals surface area contributed by atoms with E-state index < -0.39 is 0 Å². The van der Waals surface area contributed by atoms with Crippen molar-refractivity contribution in [1.82, 2.24) is 9.88 Å². The van der Waals surface area contributed by atoms with Crippen LogP contribution in [0.2, 0.25) is 0 Å². The highest BCUT2D eigenvalue weighted by Gasteiger charge is 2.21. The fraction of sp³-hybridized carbons (Fsp3) is 0.500. The first-order chi connectivity index (χ1) is 8.72. The number of ether oxygens (including phenoxy) is 1. The Bertz CT molecular complexity index is 416. The molecule has 1 aromatic heterocycles. The van der Waals surface area contributed by atoms with Gasteiger partial charge in [0.05, 0.1) is 17.6 Å². The van der Waals surface area contributed by atoms with Gasteiger partial charge >= 0.3 is 0 Å². The molecule has 0 bridgehead atoms. The monoisotopic (exact) mass is 250 g/mol. The Hall–Kier alpha value is -1.82. The van der Waals surface area contributed by atoms with Crippen LogP contribution in [0, 0.1) is 0 Å². The van der Waals surface area contributed by atoms with Crippen molar-refractivity contribution in [2.75, 3.05) is 50.5 Å². The normalized spacial score (nSPS) is 15.8. The van der Waals surface area contributed by atoms with E-state index in [1.165, 1.54) is 7.11 Å². The second-order valence-corrected chi connectivity index (χ2v) is 4.24. The minimum Gasteiger partial charge on any atom is -0.396 e. The number of pyridine rings is 1. The Morgan fingerprint density at radius 2 is 2.17 bits per heavy atom. The number of anilines is 2. The van der Waals surface area contributed by atoms with Crippen LogP contribution in [0.1, 0.15) is 0 Å². The highest BCUT2D eigenvalue weighted by Crippen LogP contribution is 2.22. The summed E-state index contributed by atoms with van der Waals surface area (Å²) in [4.78, 5) is 19.6. The Morgan fingerprint density at radius 1 is 1.44 bits per heavy atom. The zero-order chi connectivity index (χ0) is 13.0. The maximum absolute atomic E-state index is 11.7. The third kappa shape index (κ3) is 2.70. The van der Waals surface area contributed by atoms with Gasteiger partial charge in [0.25, 0.3) is 0 Å². The summed E-state index contributed by atoms with van der Waals surface area (Å²) < 4.78 is 4.85. The standard InChI is InChI=1S/C12H18N4O2/c1-18-9-12(17)16-6-4-15(5-7-16)11-2-3-14-8-10(11)13/h2-3,8H,4-7,9,13H2,1H3. The van der Waals surface area contributed by atoms with Crippen molar-refractivity contribution in [3.05, 3.63) is 18.5 Å². The highest BCUT2D eigenvalue weighted by atomic mass is 16.5. The van der Waals surface area contributed by atoms with E-state index in [4.69, 9.17) is 10.5 Å². The second-order valence-electron chi connectivity index (χ2n) is 4.24. The number of piperazine rings is 1. The maximum atomic E-state index is 11.7.